The molecule has 12 heteroatoms. The predicted octanol–water partition coefficient (Wildman–Crippen LogP) is 4.56. The molecule has 226 valence electrons. The van der Waals surface area contributed by atoms with Crippen LogP contribution >= 0.6 is 0 Å². The van der Waals surface area contributed by atoms with E-state index in [9.17, 15) is 22.4 Å². The first-order chi connectivity index (χ1) is 19.3. The molecule has 0 radical (unpaired) electrons. The van der Waals surface area contributed by atoms with Gasteiger partial charge in [0.25, 0.3) is 5.91 Å². The topological polar surface area (TPSA) is 78.5 Å². The number of halogens is 4. The first-order valence-electron chi connectivity index (χ1n) is 13.4. The van der Waals surface area contributed by atoms with E-state index in [0.717, 1.165) is 0 Å². The molecule has 1 aliphatic heterocycles. The summed E-state index contributed by atoms with van der Waals surface area (Å²) in [5.41, 5.74) is -0.732. The summed E-state index contributed by atoms with van der Waals surface area (Å²) in [5.74, 6) is -2.19. The van der Waals surface area contributed by atoms with E-state index in [1.807, 2.05) is 19.0 Å². The summed E-state index contributed by atoms with van der Waals surface area (Å²) in [6.07, 6.45) is -6.54. The molecule has 1 N–H and O–H groups in total. The second kappa shape index (κ2) is 12.6. The molecule has 1 saturated heterocycles. The first-order valence-corrected chi connectivity index (χ1v) is 13.4. The third-order valence-electron chi connectivity index (χ3n) is 6.97. The fourth-order valence-corrected chi connectivity index (χ4v) is 5.13. The van der Waals surface area contributed by atoms with Gasteiger partial charge in [-0.3, -0.25) is 4.79 Å². The molecule has 0 spiro atoms. The number of nitrogens with zero attached hydrogens (tertiary/aromatic N) is 1. The molecule has 2 aromatic rings. The van der Waals surface area contributed by atoms with Gasteiger partial charge in [0.2, 0.25) is 0 Å². The summed E-state index contributed by atoms with van der Waals surface area (Å²) in [5, 5.41) is 2.93. The molecule has 41 heavy (non-hydrogen) atoms. The largest absolute Gasteiger partial charge is 0.573 e. The van der Waals surface area contributed by atoms with Crippen molar-refractivity contribution in [3.63, 3.8) is 0 Å². The summed E-state index contributed by atoms with van der Waals surface area (Å²) in [4.78, 5) is 15.7. The number of benzene rings is 2. The van der Waals surface area contributed by atoms with Gasteiger partial charge >= 0.3 is 6.36 Å². The predicted molar refractivity (Wildman–Crippen MR) is 140 cm³/mol. The van der Waals surface area contributed by atoms with Crippen LogP contribution in [0.4, 0.5) is 17.6 Å². The van der Waals surface area contributed by atoms with Crippen LogP contribution in [0.15, 0.2) is 48.5 Å². The normalized spacial score (nSPS) is 25.6. The van der Waals surface area contributed by atoms with Crippen LogP contribution in [0.2, 0.25) is 0 Å². The Morgan fingerprint density at radius 3 is 2.54 bits per heavy atom. The maximum absolute atomic E-state index is 14.5. The van der Waals surface area contributed by atoms with E-state index in [1.165, 1.54) is 24.3 Å². The van der Waals surface area contributed by atoms with Gasteiger partial charge in [-0.05, 0) is 51.7 Å². The van der Waals surface area contributed by atoms with Crippen molar-refractivity contribution in [2.24, 2.45) is 0 Å². The van der Waals surface area contributed by atoms with Crippen LogP contribution in [-0.4, -0.2) is 74.1 Å². The number of carbonyl (C=O) groups excluding carboxylic acids is 1. The number of nitrogens with one attached hydrogen (secondary N) is 1. The van der Waals surface area contributed by atoms with Crippen LogP contribution < -0.4 is 10.1 Å². The highest BCUT2D eigenvalue weighted by Gasteiger charge is 2.58. The molecule has 2 aliphatic rings. The smallest absolute Gasteiger partial charge is 0.406 e. The van der Waals surface area contributed by atoms with Crippen molar-refractivity contribution in [2.75, 3.05) is 27.2 Å². The number of ether oxygens (including phenoxy) is 5. The van der Waals surface area contributed by atoms with Gasteiger partial charge in [0.1, 0.15) is 17.7 Å². The quantitative estimate of drug-likeness (QED) is 0.388. The molecule has 1 heterocycles. The Balaban J connectivity index is 1.58. The zero-order valence-corrected chi connectivity index (χ0v) is 23.5. The van der Waals surface area contributed by atoms with Gasteiger partial charge in [0.05, 0.1) is 25.4 Å². The molecule has 4 rings (SSSR count). The van der Waals surface area contributed by atoms with Crippen LogP contribution in [0.1, 0.15) is 37.8 Å². The first kappa shape index (κ1) is 31.2. The molecular formula is C29H36F4N2O6. The SMILES string of the molecule is CN(C)CCNC(=O)[C@@]1(OCc2ccccc2F)CC(OCc2cccc(OC(F)(F)F)c2)[C@@H]2OC(C)(C)O[C@@H]2C1. The van der Waals surface area contributed by atoms with E-state index in [4.69, 9.17) is 18.9 Å². The van der Waals surface area contributed by atoms with Crippen molar-refractivity contribution in [1.29, 1.82) is 0 Å². The van der Waals surface area contributed by atoms with Crippen molar-refractivity contribution in [3.05, 3.63) is 65.5 Å². The second-order valence-electron chi connectivity index (χ2n) is 11.0. The van der Waals surface area contributed by atoms with Gasteiger partial charge in [-0.25, -0.2) is 4.39 Å². The zero-order valence-electron chi connectivity index (χ0n) is 23.5. The highest BCUT2D eigenvalue weighted by molar-refractivity contribution is 5.85. The van der Waals surface area contributed by atoms with Crippen LogP contribution in [0.25, 0.3) is 0 Å². The van der Waals surface area contributed by atoms with Gasteiger partial charge in [0.15, 0.2) is 11.4 Å². The number of carbonyl (C=O) groups is 1. The van der Waals surface area contributed by atoms with Crippen LogP contribution in [-0.2, 0) is 37.0 Å². The maximum atomic E-state index is 14.5. The van der Waals surface area contributed by atoms with Crippen molar-refractivity contribution in [2.45, 2.75) is 76.0 Å². The fourth-order valence-electron chi connectivity index (χ4n) is 5.13. The fraction of sp³-hybridized carbons (Fsp3) is 0.552. The number of amides is 1. The van der Waals surface area contributed by atoms with Gasteiger partial charge < -0.3 is 33.9 Å². The van der Waals surface area contributed by atoms with Crippen molar-refractivity contribution in [1.82, 2.24) is 10.2 Å². The summed E-state index contributed by atoms with van der Waals surface area (Å²) < 4.78 is 81.4. The summed E-state index contributed by atoms with van der Waals surface area (Å²) >= 11 is 0. The average Bonchev–Trinajstić information content (AvgIpc) is 3.19. The molecule has 1 saturated carbocycles. The Labute approximate surface area is 236 Å². The third kappa shape index (κ3) is 8.39. The molecule has 2 aromatic carbocycles. The molecule has 8 nitrogen and oxygen atoms in total. The lowest BCUT2D eigenvalue weighted by atomic mass is 9.78. The number of alkyl halides is 3. The Kier molecular flexibility index (Phi) is 9.59. The molecule has 0 bridgehead atoms. The minimum absolute atomic E-state index is 0.0502. The van der Waals surface area contributed by atoms with E-state index in [0.29, 0.717) is 18.7 Å². The highest BCUT2D eigenvalue weighted by Crippen LogP contribution is 2.44. The maximum Gasteiger partial charge on any atom is 0.573 e. The van der Waals surface area contributed by atoms with Gasteiger partial charge in [0, 0.05) is 31.5 Å². The van der Waals surface area contributed by atoms with Crippen molar-refractivity contribution < 1.29 is 46.0 Å². The number of hydrogen-bond donors (Lipinski definition) is 1. The monoisotopic (exact) mass is 584 g/mol. The average molecular weight is 585 g/mol. The lowest BCUT2D eigenvalue weighted by Gasteiger charge is -2.43. The van der Waals surface area contributed by atoms with Gasteiger partial charge in [-0.1, -0.05) is 30.3 Å². The second-order valence-corrected chi connectivity index (χ2v) is 11.0. The van der Waals surface area contributed by atoms with Crippen molar-refractivity contribution >= 4 is 5.91 Å². The standard InChI is InChI=1S/C29H36F4N2O6/c1-27(2)40-24-16-28(26(36)34-12-13-35(3)4,38-18-20-9-5-6-11-22(20)30)15-23(25(24)41-27)37-17-19-8-7-10-21(14-19)39-29(31,32)33/h5-11,14,23-25H,12-13,15-18H2,1-4H3,(H,34,36)/t23?,24-,25+,28-/m1/s1. The summed E-state index contributed by atoms with van der Waals surface area (Å²) in [6, 6.07) is 11.6. The molecule has 1 amide bonds. The number of rotatable bonds is 11. The molecule has 0 aromatic heterocycles. The minimum atomic E-state index is -4.83. The van der Waals surface area contributed by atoms with Crippen molar-refractivity contribution in [3.8, 4) is 5.75 Å². The van der Waals surface area contributed by atoms with Crippen LogP contribution in [0.3, 0.4) is 0 Å². The van der Waals surface area contributed by atoms with E-state index < -0.39 is 47.8 Å². The molecule has 1 unspecified atom stereocenters. The Bertz CT molecular complexity index is 1190. The van der Waals surface area contributed by atoms with E-state index >= 15 is 0 Å². The van der Waals surface area contributed by atoms with Gasteiger partial charge in [-0.15, -0.1) is 13.2 Å². The molecule has 1 aliphatic carbocycles. The van der Waals surface area contributed by atoms with E-state index in [-0.39, 0.29) is 37.4 Å². The lowest BCUT2D eigenvalue weighted by Crippen LogP contribution is -2.60. The Hall–Kier alpha value is -2.77. The third-order valence-corrected chi connectivity index (χ3v) is 6.97. The number of fused-ring (bicyclic) bond motifs is 1. The summed E-state index contributed by atoms with van der Waals surface area (Å²) in [7, 11) is 3.76. The Morgan fingerprint density at radius 2 is 1.83 bits per heavy atom. The van der Waals surface area contributed by atoms with Gasteiger partial charge in [-0.2, -0.15) is 0 Å². The van der Waals surface area contributed by atoms with E-state index in [1.54, 1.807) is 38.1 Å². The molecule has 4 atom stereocenters. The lowest BCUT2D eigenvalue weighted by molar-refractivity contribution is -0.274. The van der Waals surface area contributed by atoms with Crippen LogP contribution in [0.5, 0.6) is 5.75 Å². The molecule has 2 fully saturated rings. The summed E-state index contributed by atoms with van der Waals surface area (Å²) in [6.45, 7) is 4.19. The minimum Gasteiger partial charge on any atom is -0.406 e. The number of likely N-dealkylation sites (N-methyl/N-ethyl adjacent to an activating group) is 1. The highest BCUT2D eigenvalue weighted by atomic mass is 19.4. The zero-order chi connectivity index (χ0) is 29.8. The Morgan fingerprint density at radius 1 is 1.07 bits per heavy atom. The number of hydrogen-bond acceptors (Lipinski definition) is 7. The van der Waals surface area contributed by atoms with Crippen LogP contribution in [0, 0.1) is 5.82 Å². The molecular weight excluding hydrogens is 548 g/mol. The van der Waals surface area contributed by atoms with E-state index in [2.05, 4.69) is 10.1 Å².